The van der Waals surface area contributed by atoms with Gasteiger partial charge in [0, 0.05) is 74.5 Å². The molecule has 16 heteroatoms. The molecule has 2 aliphatic rings. The van der Waals surface area contributed by atoms with Crippen LogP contribution in [0, 0.1) is 17.8 Å². The van der Waals surface area contributed by atoms with Gasteiger partial charge < -0.3 is 49.5 Å². The molecule has 2 unspecified atom stereocenters. The number of likely N-dealkylation sites (tertiary alicyclic amines) is 1. The Labute approximate surface area is 328 Å². The molecule has 3 rings (SSSR count). The average Bonchev–Trinajstić information content (AvgIpc) is 3.64. The molecule has 2 heterocycles. The van der Waals surface area contributed by atoms with Crippen LogP contribution in [-0.4, -0.2) is 157 Å². The second-order valence-electron chi connectivity index (χ2n) is 15.6. The summed E-state index contributed by atoms with van der Waals surface area (Å²) >= 11 is 0. The second-order valence-corrected chi connectivity index (χ2v) is 17.4. The van der Waals surface area contributed by atoms with Crippen molar-refractivity contribution in [3.63, 3.8) is 0 Å². The molecule has 2 saturated heterocycles. The molecule has 0 aromatic heterocycles. The Kier molecular flexibility index (Phi) is 18.1. The Balaban J connectivity index is 1.81. The second kappa shape index (κ2) is 21.5. The third-order valence-electron chi connectivity index (χ3n) is 11.2. The first-order valence-corrected chi connectivity index (χ1v) is 21.4. The van der Waals surface area contributed by atoms with Crippen molar-refractivity contribution in [1.82, 2.24) is 30.2 Å². The van der Waals surface area contributed by atoms with Gasteiger partial charge in [0.05, 0.1) is 36.6 Å². The predicted molar refractivity (Wildman–Crippen MR) is 214 cm³/mol. The summed E-state index contributed by atoms with van der Waals surface area (Å²) in [6.07, 6.45) is 0.645. The Morgan fingerprint density at radius 3 is 2.18 bits per heavy atom. The van der Waals surface area contributed by atoms with Crippen LogP contribution in [-0.2, 0) is 34.8 Å². The number of piperazine rings is 1. The van der Waals surface area contributed by atoms with E-state index in [1.807, 2.05) is 32.8 Å². The van der Waals surface area contributed by atoms with E-state index >= 15 is 0 Å². The molecular weight excluding hydrogens is 725 g/mol. The lowest BCUT2D eigenvalue weighted by atomic mass is 9.89. The van der Waals surface area contributed by atoms with Crippen LogP contribution in [0.5, 0.6) is 0 Å². The fourth-order valence-electron chi connectivity index (χ4n) is 7.86. The van der Waals surface area contributed by atoms with Crippen molar-refractivity contribution in [3.8, 4) is 0 Å². The largest absolute Gasteiger partial charge is 0.379 e. The smallest absolute Gasteiger partial charge is 0.347 e. The van der Waals surface area contributed by atoms with Crippen LogP contribution in [0.2, 0.25) is 0 Å². The molecule has 4 N–H and O–H groups in total. The summed E-state index contributed by atoms with van der Waals surface area (Å²) in [5.74, 6) is -2.45. The number of benzene rings is 1. The van der Waals surface area contributed by atoms with Crippen molar-refractivity contribution in [2.24, 2.45) is 22.7 Å². The molecule has 2 aliphatic heterocycles. The maximum atomic E-state index is 14.4. The van der Waals surface area contributed by atoms with E-state index in [-0.39, 0.29) is 36.5 Å². The van der Waals surface area contributed by atoms with Gasteiger partial charge >= 0.3 is 7.60 Å². The number of carbonyl (C=O) groups excluding carboxylic acids is 3. The van der Waals surface area contributed by atoms with E-state index in [4.69, 9.17) is 14.5 Å². The molecule has 312 valence electrons. The van der Waals surface area contributed by atoms with Gasteiger partial charge in [-0.2, -0.15) is 0 Å². The highest BCUT2D eigenvalue weighted by atomic mass is 31.2. The molecule has 0 saturated carbocycles. The van der Waals surface area contributed by atoms with E-state index in [2.05, 4.69) is 29.4 Å². The van der Waals surface area contributed by atoms with Crippen LogP contribution in [0.15, 0.2) is 35.3 Å². The lowest BCUT2D eigenvalue weighted by Gasteiger charge is -2.40. The van der Waals surface area contributed by atoms with Crippen LogP contribution in [0.4, 0.5) is 0 Å². The molecule has 2 fully saturated rings. The van der Waals surface area contributed by atoms with Crippen molar-refractivity contribution in [2.45, 2.75) is 103 Å². The van der Waals surface area contributed by atoms with E-state index in [0.29, 0.717) is 24.9 Å². The van der Waals surface area contributed by atoms with Gasteiger partial charge in [0.15, 0.2) is 5.96 Å². The number of ether oxygens (including phenoxy) is 2. The number of hydrogen-bond acceptors (Lipinski definition) is 8. The highest BCUT2D eigenvalue weighted by Crippen LogP contribution is 2.41. The summed E-state index contributed by atoms with van der Waals surface area (Å²) in [7, 11) is 4.01. The number of aliphatic imine (C=N–C) groups is 1. The first-order chi connectivity index (χ1) is 26.0. The van der Waals surface area contributed by atoms with Crippen LogP contribution in [0.1, 0.15) is 65.9 Å². The van der Waals surface area contributed by atoms with E-state index in [1.165, 1.54) is 7.11 Å². The molecule has 0 aliphatic carbocycles. The highest BCUT2D eigenvalue weighted by molar-refractivity contribution is 7.52. The van der Waals surface area contributed by atoms with Crippen molar-refractivity contribution in [2.75, 3.05) is 68.1 Å². The molecule has 0 radical (unpaired) electrons. The maximum Gasteiger partial charge on any atom is 0.347 e. The lowest BCUT2D eigenvalue weighted by Crippen LogP contribution is -2.55. The van der Waals surface area contributed by atoms with Gasteiger partial charge in [0.25, 0.3) is 0 Å². The molecule has 3 amide bonds. The Hall–Kier alpha value is -3.07. The molecule has 0 spiro atoms. The molecule has 1 aromatic rings. The summed E-state index contributed by atoms with van der Waals surface area (Å²) in [4.78, 5) is 75.1. The summed E-state index contributed by atoms with van der Waals surface area (Å²) in [5, 5.41) is 5.95. The monoisotopic (exact) mass is 793 g/mol. The van der Waals surface area contributed by atoms with Crippen molar-refractivity contribution in [3.05, 3.63) is 35.9 Å². The predicted octanol–water partition coefficient (Wildman–Crippen LogP) is 2.62. The fraction of sp³-hybridized carbons (Fsp3) is 0.744. The number of likely N-dealkylation sites (N-methyl/N-ethyl adjacent to an activating group) is 1. The number of methoxy groups -OCH3 is 2. The quantitative estimate of drug-likeness (QED) is 0.0977. The number of carbonyl (C=O) groups is 3. The van der Waals surface area contributed by atoms with Gasteiger partial charge in [-0.05, 0) is 30.2 Å². The topological polar surface area (TPSA) is 177 Å². The minimum Gasteiger partial charge on any atom is -0.379 e. The molecule has 1 aromatic carbocycles. The summed E-state index contributed by atoms with van der Waals surface area (Å²) in [6.45, 7) is 13.5. The zero-order chi connectivity index (χ0) is 41.0. The molecule has 15 nitrogen and oxygen atoms in total. The average molecular weight is 794 g/mol. The minimum atomic E-state index is -4.71. The van der Waals surface area contributed by atoms with Crippen molar-refractivity contribution >= 4 is 31.3 Å². The molecular formula is C39H68N7O8P. The summed E-state index contributed by atoms with van der Waals surface area (Å²) in [5.41, 5.74) is 0.677. The first-order valence-electron chi connectivity index (χ1n) is 19.7. The third-order valence-corrected chi connectivity index (χ3v) is 12.3. The molecule has 55 heavy (non-hydrogen) atoms. The van der Waals surface area contributed by atoms with E-state index in [1.54, 1.807) is 61.2 Å². The molecule has 0 bridgehead atoms. The zero-order valence-electron chi connectivity index (χ0n) is 34.7. The Morgan fingerprint density at radius 1 is 1.02 bits per heavy atom. The van der Waals surface area contributed by atoms with Gasteiger partial charge in [-0.1, -0.05) is 71.4 Å². The standard InChI is InChI=1S/C39H68N7O8P/c1-11-27(4)35(44(8)38(49)34(26(2)3)42-39(43(6)7)45-22-19-40-20-23-45)31(53-9)25-33(47)46-21-15-18-30(46)36(54-10)28(5)37(48)41-32(55(50,51)52)24-29-16-13-12-14-17-29/h12-14,16-17,26-28,30-32,34-36,40H,11,15,18-25H2,1-10H3,(H,41,48)(H2,50,51,52)/t27-,28+,30?,31+,32+,34?,35-,36+/m0/s1. The van der Waals surface area contributed by atoms with Crippen molar-refractivity contribution in [1.29, 1.82) is 0 Å². The van der Waals surface area contributed by atoms with Gasteiger partial charge in [-0.15, -0.1) is 0 Å². The molecule has 8 atom stereocenters. The number of amides is 3. The number of hydrogen-bond donors (Lipinski definition) is 4. The number of nitrogens with zero attached hydrogens (tertiary/aromatic N) is 5. The lowest BCUT2D eigenvalue weighted by molar-refractivity contribution is -0.146. The summed E-state index contributed by atoms with van der Waals surface area (Å²) < 4.78 is 24.4. The summed E-state index contributed by atoms with van der Waals surface area (Å²) in [6, 6.07) is 7.32. The normalized spacial score (nSPS) is 20.7. The first kappa shape index (κ1) is 46.3. The highest BCUT2D eigenvalue weighted by Gasteiger charge is 2.43. The third kappa shape index (κ3) is 12.5. The van der Waals surface area contributed by atoms with E-state index in [0.717, 1.165) is 38.6 Å². The zero-order valence-corrected chi connectivity index (χ0v) is 35.6. The van der Waals surface area contributed by atoms with Gasteiger partial charge in [0.2, 0.25) is 17.7 Å². The number of rotatable bonds is 18. The van der Waals surface area contributed by atoms with Crippen LogP contribution < -0.4 is 10.6 Å². The van der Waals surface area contributed by atoms with Gasteiger partial charge in [0.1, 0.15) is 11.8 Å². The van der Waals surface area contributed by atoms with E-state index in [9.17, 15) is 28.7 Å². The fourth-order valence-corrected chi connectivity index (χ4v) is 8.60. The minimum absolute atomic E-state index is 0.00680. The number of guanidine groups is 1. The van der Waals surface area contributed by atoms with E-state index < -0.39 is 55.5 Å². The Bertz CT molecular complexity index is 1450. The van der Waals surface area contributed by atoms with Crippen LogP contribution in [0.3, 0.4) is 0 Å². The van der Waals surface area contributed by atoms with Gasteiger partial charge in [-0.25, -0.2) is 4.99 Å². The SMILES string of the molecule is CC[C@H](C)[C@@H]([C@@H](CC(=O)N1CCCC1[C@H](OC)[C@@H](C)C(=O)N[C@@H](Cc1ccccc1)P(=O)(O)O)OC)N(C)C(=O)C(N=C(N(C)C)N1CCNCC1)C(C)C. The van der Waals surface area contributed by atoms with Crippen LogP contribution in [0.25, 0.3) is 0 Å². The number of nitrogens with one attached hydrogen (secondary N) is 2. The Morgan fingerprint density at radius 2 is 1.65 bits per heavy atom. The van der Waals surface area contributed by atoms with Gasteiger partial charge in [-0.3, -0.25) is 18.9 Å². The maximum absolute atomic E-state index is 14.4. The van der Waals surface area contributed by atoms with Crippen molar-refractivity contribution < 1.29 is 38.2 Å². The van der Waals surface area contributed by atoms with Crippen LogP contribution >= 0.6 is 7.60 Å².